The molecular weight excluding hydrogens is 112 g/mol. The second-order valence-corrected chi connectivity index (χ2v) is 3.27. The van der Waals surface area contributed by atoms with Crippen LogP contribution in [0.1, 0.15) is 26.2 Å². The van der Waals surface area contributed by atoms with Crippen molar-refractivity contribution in [2.75, 3.05) is 0 Å². The van der Waals surface area contributed by atoms with Gasteiger partial charge in [0.05, 0.1) is 0 Å². The van der Waals surface area contributed by atoms with Gasteiger partial charge in [0.25, 0.3) is 0 Å². The van der Waals surface area contributed by atoms with E-state index in [4.69, 9.17) is 0 Å². The zero-order valence-corrected chi connectivity index (χ0v) is 5.76. The first-order valence-corrected chi connectivity index (χ1v) is 3.87. The third-order valence-electron chi connectivity index (χ3n) is 2.90. The molecular formula is C8H12O. The molecule has 0 saturated heterocycles. The van der Waals surface area contributed by atoms with Gasteiger partial charge in [0.2, 0.25) is 0 Å². The molecule has 0 aromatic rings. The van der Waals surface area contributed by atoms with Crippen molar-refractivity contribution in [3.8, 4) is 0 Å². The van der Waals surface area contributed by atoms with Crippen molar-refractivity contribution in [1.29, 1.82) is 0 Å². The van der Waals surface area contributed by atoms with Crippen molar-refractivity contribution in [2.24, 2.45) is 17.8 Å². The fourth-order valence-corrected chi connectivity index (χ4v) is 2.35. The average Bonchev–Trinajstić information content (AvgIpc) is 2.46. The summed E-state index contributed by atoms with van der Waals surface area (Å²) in [5.41, 5.74) is 0. The quantitative estimate of drug-likeness (QED) is 0.519. The highest BCUT2D eigenvalue weighted by atomic mass is 16.1. The first-order valence-electron chi connectivity index (χ1n) is 3.87. The van der Waals surface area contributed by atoms with Gasteiger partial charge in [-0.1, -0.05) is 13.3 Å². The Hall–Kier alpha value is -0.330. The molecule has 2 rings (SSSR count). The predicted octanol–water partition coefficient (Wildman–Crippen LogP) is 1.62. The fraction of sp³-hybridized carbons (Fsp3) is 0.875. The van der Waals surface area contributed by atoms with Crippen molar-refractivity contribution in [3.63, 3.8) is 0 Å². The summed E-state index contributed by atoms with van der Waals surface area (Å²) in [7, 11) is 0. The number of carbonyl (C=O) groups is 1. The summed E-state index contributed by atoms with van der Waals surface area (Å²) in [4.78, 5) is 11.0. The molecule has 0 bridgehead atoms. The fourth-order valence-electron chi connectivity index (χ4n) is 2.35. The highest BCUT2D eigenvalue weighted by molar-refractivity contribution is 5.87. The average molecular weight is 124 g/mol. The Balaban J connectivity index is 2.06. The van der Waals surface area contributed by atoms with Crippen molar-refractivity contribution in [3.05, 3.63) is 0 Å². The Bertz CT molecular complexity index is 147. The van der Waals surface area contributed by atoms with E-state index in [2.05, 4.69) is 6.92 Å². The van der Waals surface area contributed by atoms with Gasteiger partial charge in [0.15, 0.2) is 0 Å². The van der Waals surface area contributed by atoms with Gasteiger partial charge in [0.1, 0.15) is 5.78 Å². The van der Waals surface area contributed by atoms with E-state index in [0.717, 1.165) is 18.3 Å². The van der Waals surface area contributed by atoms with E-state index in [-0.39, 0.29) is 0 Å². The molecule has 0 spiro atoms. The summed E-state index contributed by atoms with van der Waals surface area (Å²) in [6, 6.07) is 0. The van der Waals surface area contributed by atoms with Gasteiger partial charge in [-0.25, -0.2) is 0 Å². The van der Waals surface area contributed by atoms with Crippen LogP contribution in [0.5, 0.6) is 0 Å². The van der Waals surface area contributed by atoms with Crippen molar-refractivity contribution < 1.29 is 4.79 Å². The van der Waals surface area contributed by atoms with Gasteiger partial charge in [0, 0.05) is 12.3 Å². The van der Waals surface area contributed by atoms with Gasteiger partial charge in [-0.15, -0.1) is 0 Å². The lowest BCUT2D eigenvalue weighted by Gasteiger charge is -1.94. The zero-order chi connectivity index (χ0) is 6.43. The number of hydrogen-bond donors (Lipinski definition) is 0. The van der Waals surface area contributed by atoms with E-state index in [0.29, 0.717) is 11.7 Å². The molecule has 9 heavy (non-hydrogen) atoms. The van der Waals surface area contributed by atoms with Crippen LogP contribution in [0.3, 0.4) is 0 Å². The van der Waals surface area contributed by atoms with Gasteiger partial charge in [-0.3, -0.25) is 4.79 Å². The minimum atomic E-state index is 0.523. The Morgan fingerprint density at radius 1 is 1.67 bits per heavy atom. The highest BCUT2D eigenvalue weighted by Gasteiger charge is 2.56. The summed E-state index contributed by atoms with van der Waals surface area (Å²) in [6.45, 7) is 2.19. The molecule has 2 aliphatic carbocycles. The van der Waals surface area contributed by atoms with Crippen LogP contribution in [0.2, 0.25) is 0 Å². The van der Waals surface area contributed by atoms with E-state index < -0.39 is 0 Å². The first-order chi connectivity index (χ1) is 4.34. The van der Waals surface area contributed by atoms with Crippen LogP contribution in [-0.4, -0.2) is 5.78 Å². The van der Waals surface area contributed by atoms with E-state index >= 15 is 0 Å². The molecule has 2 aliphatic rings. The maximum atomic E-state index is 11.0. The van der Waals surface area contributed by atoms with Crippen LogP contribution >= 0.6 is 0 Å². The molecule has 2 fully saturated rings. The molecule has 0 aliphatic heterocycles. The number of rotatable bonds is 1. The molecule has 3 atom stereocenters. The van der Waals surface area contributed by atoms with Crippen LogP contribution < -0.4 is 0 Å². The third-order valence-corrected chi connectivity index (χ3v) is 2.90. The first kappa shape index (κ1) is 5.45. The van der Waals surface area contributed by atoms with Crippen LogP contribution in [-0.2, 0) is 4.79 Å². The zero-order valence-electron chi connectivity index (χ0n) is 5.76. The second kappa shape index (κ2) is 1.59. The molecule has 0 heterocycles. The number of fused-ring (bicyclic) bond motifs is 1. The molecule has 0 aromatic carbocycles. The second-order valence-electron chi connectivity index (χ2n) is 3.27. The molecule has 3 unspecified atom stereocenters. The standard InChI is InChI=1S/C8H12O/c1-2-5-6-3-4-7(9)8(5)6/h5-6,8H,2-4H2,1H3. The minimum Gasteiger partial charge on any atom is -0.299 e. The van der Waals surface area contributed by atoms with Crippen molar-refractivity contribution >= 4 is 5.78 Å². The molecule has 1 heteroatoms. The molecule has 50 valence electrons. The largest absolute Gasteiger partial charge is 0.299 e. The van der Waals surface area contributed by atoms with Crippen LogP contribution in [0.25, 0.3) is 0 Å². The monoisotopic (exact) mass is 124 g/mol. The van der Waals surface area contributed by atoms with Crippen LogP contribution in [0, 0.1) is 17.8 Å². The normalized spacial score (nSPS) is 47.2. The Labute approximate surface area is 55.4 Å². The topological polar surface area (TPSA) is 17.1 Å². The summed E-state index contributed by atoms with van der Waals surface area (Å²) < 4.78 is 0. The Morgan fingerprint density at radius 3 is 2.78 bits per heavy atom. The highest BCUT2D eigenvalue weighted by Crippen LogP contribution is 2.56. The smallest absolute Gasteiger partial charge is 0.136 e. The maximum Gasteiger partial charge on any atom is 0.136 e. The van der Waals surface area contributed by atoms with E-state index in [9.17, 15) is 4.79 Å². The summed E-state index contributed by atoms with van der Waals surface area (Å²) in [5.74, 6) is 2.69. The van der Waals surface area contributed by atoms with E-state index in [1.807, 2.05) is 0 Å². The van der Waals surface area contributed by atoms with Crippen molar-refractivity contribution in [1.82, 2.24) is 0 Å². The van der Waals surface area contributed by atoms with E-state index in [1.54, 1.807) is 0 Å². The minimum absolute atomic E-state index is 0.523. The van der Waals surface area contributed by atoms with Crippen molar-refractivity contribution in [2.45, 2.75) is 26.2 Å². The molecule has 2 saturated carbocycles. The van der Waals surface area contributed by atoms with E-state index in [1.165, 1.54) is 12.8 Å². The number of ketones is 1. The number of hydrogen-bond acceptors (Lipinski definition) is 1. The van der Waals surface area contributed by atoms with Crippen LogP contribution in [0.4, 0.5) is 0 Å². The van der Waals surface area contributed by atoms with Gasteiger partial charge < -0.3 is 0 Å². The van der Waals surface area contributed by atoms with Gasteiger partial charge in [-0.2, -0.15) is 0 Å². The molecule has 0 radical (unpaired) electrons. The number of carbonyl (C=O) groups excluding carboxylic acids is 1. The summed E-state index contributed by atoms with van der Waals surface area (Å²) in [6.07, 6.45) is 3.30. The predicted molar refractivity (Wildman–Crippen MR) is 35.0 cm³/mol. The SMILES string of the molecule is CCC1C2CCC(=O)C12. The molecule has 1 nitrogen and oxygen atoms in total. The third kappa shape index (κ3) is 0.577. The summed E-state index contributed by atoms with van der Waals surface area (Å²) in [5, 5.41) is 0. The summed E-state index contributed by atoms with van der Waals surface area (Å²) >= 11 is 0. The number of Topliss-reactive ketones (excluding diaryl/α,β-unsaturated/α-hetero) is 1. The lowest BCUT2D eigenvalue weighted by atomic mass is 10.1. The molecule has 0 aromatic heterocycles. The van der Waals surface area contributed by atoms with Crippen LogP contribution in [0.15, 0.2) is 0 Å². The van der Waals surface area contributed by atoms with Gasteiger partial charge in [-0.05, 0) is 18.3 Å². The lowest BCUT2D eigenvalue weighted by Crippen LogP contribution is -1.97. The molecule has 0 N–H and O–H groups in total. The Kier molecular flexibility index (Phi) is 0.961. The Morgan fingerprint density at radius 2 is 2.44 bits per heavy atom. The lowest BCUT2D eigenvalue weighted by molar-refractivity contribution is -0.119. The maximum absolute atomic E-state index is 11.0. The molecule has 0 amide bonds. The van der Waals surface area contributed by atoms with Gasteiger partial charge >= 0.3 is 0 Å².